The van der Waals surface area contributed by atoms with Crippen molar-refractivity contribution in [3.05, 3.63) is 23.8 Å². The number of likely N-dealkylation sites (N-methyl/N-ethyl adjacent to an activating group) is 1. The van der Waals surface area contributed by atoms with Gasteiger partial charge in [-0.15, -0.1) is 0 Å². The van der Waals surface area contributed by atoms with E-state index in [1.807, 2.05) is 30.1 Å². The Kier molecular flexibility index (Phi) is 6.21. The maximum absolute atomic E-state index is 12.9. The van der Waals surface area contributed by atoms with Gasteiger partial charge < -0.3 is 24.6 Å². The van der Waals surface area contributed by atoms with Crippen molar-refractivity contribution in [3.8, 4) is 11.5 Å². The lowest BCUT2D eigenvalue weighted by Gasteiger charge is -2.27. The first-order chi connectivity index (χ1) is 13.0. The Hall–Kier alpha value is -2.28. The summed E-state index contributed by atoms with van der Waals surface area (Å²) in [6.07, 6.45) is 4.00. The third kappa shape index (κ3) is 4.91. The van der Waals surface area contributed by atoms with Gasteiger partial charge in [-0.2, -0.15) is 0 Å². The van der Waals surface area contributed by atoms with Gasteiger partial charge in [-0.05, 0) is 43.9 Å². The van der Waals surface area contributed by atoms with Crippen LogP contribution in [0, 0.1) is 0 Å². The number of ether oxygens (including phenoxy) is 2. The molecule has 2 atom stereocenters. The molecule has 7 nitrogen and oxygen atoms in total. The third-order valence-corrected chi connectivity index (χ3v) is 5.23. The van der Waals surface area contributed by atoms with E-state index >= 15 is 0 Å². The highest BCUT2D eigenvalue weighted by molar-refractivity contribution is 5.80. The van der Waals surface area contributed by atoms with Crippen molar-refractivity contribution < 1.29 is 24.0 Å². The smallest absolute Gasteiger partial charge is 0.278 e. The minimum Gasteiger partial charge on any atom is -0.497 e. The quantitative estimate of drug-likeness (QED) is 0.678. The second-order valence-corrected chi connectivity index (χ2v) is 7.51. The Balaban J connectivity index is 1.64. The lowest BCUT2D eigenvalue weighted by Crippen LogP contribution is -3.11. The zero-order chi connectivity index (χ0) is 19.4. The normalized spacial score (nSPS) is 20.3. The Morgan fingerprint density at radius 1 is 1.19 bits per heavy atom. The molecule has 2 N–H and O–H groups in total. The van der Waals surface area contributed by atoms with Gasteiger partial charge in [0.2, 0.25) is 0 Å². The molecule has 1 saturated heterocycles. The van der Waals surface area contributed by atoms with E-state index in [9.17, 15) is 9.59 Å². The predicted octanol–water partition coefficient (Wildman–Crippen LogP) is 0.161. The van der Waals surface area contributed by atoms with Crippen LogP contribution in [0.4, 0.5) is 0 Å². The zero-order valence-corrected chi connectivity index (χ0v) is 16.4. The van der Waals surface area contributed by atoms with Crippen molar-refractivity contribution in [1.29, 1.82) is 0 Å². The Labute approximate surface area is 160 Å². The summed E-state index contributed by atoms with van der Waals surface area (Å²) in [5.74, 6) is 1.61. The number of amides is 2. The first-order valence-electron chi connectivity index (χ1n) is 9.64. The summed E-state index contributed by atoms with van der Waals surface area (Å²) < 4.78 is 10.9. The molecule has 1 aromatic carbocycles. The highest BCUT2D eigenvalue weighted by Gasteiger charge is 2.34. The van der Waals surface area contributed by atoms with Crippen LogP contribution in [0.2, 0.25) is 0 Å². The van der Waals surface area contributed by atoms with Gasteiger partial charge in [0.25, 0.3) is 11.8 Å². The lowest BCUT2D eigenvalue weighted by atomic mass is 10.0. The molecular formula is C20H30N3O4+. The van der Waals surface area contributed by atoms with Crippen LogP contribution in [0.5, 0.6) is 11.5 Å². The molecule has 0 spiro atoms. The van der Waals surface area contributed by atoms with Gasteiger partial charge in [-0.1, -0.05) is 0 Å². The average Bonchev–Trinajstić information content (AvgIpc) is 3.32. The molecule has 0 aromatic heterocycles. The molecule has 1 unspecified atom stereocenters. The number of quaternary nitrogens is 1. The first kappa shape index (κ1) is 19.5. The fourth-order valence-electron chi connectivity index (χ4n) is 3.69. The number of hydrogen-bond acceptors (Lipinski definition) is 4. The fourth-order valence-corrected chi connectivity index (χ4v) is 3.69. The Morgan fingerprint density at radius 2 is 1.96 bits per heavy atom. The Morgan fingerprint density at radius 3 is 2.63 bits per heavy atom. The molecule has 1 saturated carbocycles. The molecular weight excluding hydrogens is 346 g/mol. The minimum absolute atomic E-state index is 0.0179. The van der Waals surface area contributed by atoms with Gasteiger partial charge in [-0.25, -0.2) is 0 Å². The fraction of sp³-hybridized carbons (Fsp3) is 0.600. The number of rotatable bonds is 8. The molecule has 3 rings (SSSR count). The van der Waals surface area contributed by atoms with Crippen LogP contribution in [-0.2, 0) is 9.59 Å². The van der Waals surface area contributed by atoms with Crippen LogP contribution in [-0.4, -0.2) is 63.7 Å². The molecule has 27 heavy (non-hydrogen) atoms. The van der Waals surface area contributed by atoms with Crippen LogP contribution in [0.25, 0.3) is 0 Å². The average molecular weight is 376 g/mol. The van der Waals surface area contributed by atoms with Gasteiger partial charge in [0.15, 0.2) is 13.1 Å². The van der Waals surface area contributed by atoms with Crippen LogP contribution in [0.15, 0.2) is 18.2 Å². The standard InChI is InChI=1S/C20H29N3O4/c1-22(12-19(24)21-14-6-7-14)13-20(25)23-10-4-5-17(23)16-11-15(26-2)8-9-18(16)27-3/h8-9,11,14,17H,4-7,10,12-13H2,1-3H3,(H,21,24)/p+1/t17-/m0/s1. The van der Waals surface area contributed by atoms with E-state index in [2.05, 4.69) is 5.32 Å². The van der Waals surface area contributed by atoms with Crippen molar-refractivity contribution in [3.63, 3.8) is 0 Å². The van der Waals surface area contributed by atoms with Crippen LogP contribution < -0.4 is 19.7 Å². The van der Waals surface area contributed by atoms with Crippen LogP contribution in [0.3, 0.4) is 0 Å². The third-order valence-electron chi connectivity index (χ3n) is 5.23. The van der Waals surface area contributed by atoms with E-state index in [-0.39, 0.29) is 17.9 Å². The zero-order valence-electron chi connectivity index (χ0n) is 16.4. The first-order valence-corrected chi connectivity index (χ1v) is 9.64. The van der Waals surface area contributed by atoms with E-state index in [1.165, 1.54) is 0 Å². The largest absolute Gasteiger partial charge is 0.497 e. The predicted molar refractivity (Wildman–Crippen MR) is 101 cm³/mol. The highest BCUT2D eigenvalue weighted by atomic mass is 16.5. The molecule has 1 heterocycles. The summed E-state index contributed by atoms with van der Waals surface area (Å²) >= 11 is 0. The SMILES string of the molecule is COc1ccc(OC)c([C@@H]2CCCN2C(=O)C[NH+](C)CC(=O)NC2CC2)c1. The van der Waals surface area contributed by atoms with Gasteiger partial charge in [-0.3, -0.25) is 9.59 Å². The Bertz CT molecular complexity index is 690. The summed E-state index contributed by atoms with van der Waals surface area (Å²) in [7, 11) is 5.17. The number of hydrogen-bond donors (Lipinski definition) is 2. The monoisotopic (exact) mass is 376 g/mol. The second-order valence-electron chi connectivity index (χ2n) is 7.51. The molecule has 0 radical (unpaired) electrons. The van der Waals surface area contributed by atoms with Gasteiger partial charge >= 0.3 is 0 Å². The molecule has 2 fully saturated rings. The molecule has 1 aromatic rings. The topological polar surface area (TPSA) is 72.3 Å². The number of carbonyl (C=O) groups is 2. The van der Waals surface area contributed by atoms with Crippen LogP contribution >= 0.6 is 0 Å². The van der Waals surface area contributed by atoms with E-state index in [4.69, 9.17) is 9.47 Å². The van der Waals surface area contributed by atoms with Crippen molar-refractivity contribution >= 4 is 11.8 Å². The van der Waals surface area contributed by atoms with E-state index in [0.29, 0.717) is 19.1 Å². The minimum atomic E-state index is -0.0179. The summed E-state index contributed by atoms with van der Waals surface area (Å²) in [6.45, 7) is 1.36. The molecule has 1 aliphatic heterocycles. The number of nitrogens with one attached hydrogen (secondary N) is 2. The van der Waals surface area contributed by atoms with E-state index in [0.717, 1.165) is 54.2 Å². The van der Waals surface area contributed by atoms with Crippen molar-refractivity contribution in [2.75, 3.05) is 40.9 Å². The molecule has 148 valence electrons. The van der Waals surface area contributed by atoms with Crippen molar-refractivity contribution in [1.82, 2.24) is 10.2 Å². The van der Waals surface area contributed by atoms with Gasteiger partial charge in [0, 0.05) is 18.2 Å². The maximum Gasteiger partial charge on any atom is 0.278 e. The van der Waals surface area contributed by atoms with Crippen molar-refractivity contribution in [2.24, 2.45) is 0 Å². The second kappa shape index (κ2) is 8.61. The van der Waals surface area contributed by atoms with Gasteiger partial charge in [0.05, 0.1) is 27.3 Å². The lowest BCUT2D eigenvalue weighted by molar-refractivity contribution is -0.863. The highest BCUT2D eigenvalue weighted by Crippen LogP contribution is 2.38. The summed E-state index contributed by atoms with van der Waals surface area (Å²) in [4.78, 5) is 27.7. The number of benzene rings is 1. The maximum atomic E-state index is 12.9. The molecule has 0 bridgehead atoms. The summed E-state index contributed by atoms with van der Waals surface area (Å²) in [6, 6.07) is 6.03. The van der Waals surface area contributed by atoms with E-state index in [1.54, 1.807) is 14.2 Å². The molecule has 2 amide bonds. The summed E-state index contributed by atoms with van der Waals surface area (Å²) in [5, 5.41) is 2.97. The van der Waals surface area contributed by atoms with Gasteiger partial charge in [0.1, 0.15) is 11.5 Å². The number of methoxy groups -OCH3 is 2. The number of nitrogens with zero attached hydrogens (tertiary/aromatic N) is 1. The number of carbonyl (C=O) groups excluding carboxylic acids is 2. The van der Waals surface area contributed by atoms with Crippen LogP contribution in [0.1, 0.15) is 37.3 Å². The molecule has 2 aliphatic rings. The number of likely N-dealkylation sites (tertiary alicyclic amines) is 1. The van der Waals surface area contributed by atoms with Crippen molar-refractivity contribution in [2.45, 2.75) is 37.8 Å². The van der Waals surface area contributed by atoms with E-state index < -0.39 is 0 Å². The summed E-state index contributed by atoms with van der Waals surface area (Å²) in [5.41, 5.74) is 0.979. The molecule has 1 aliphatic carbocycles. The molecule has 7 heteroatoms.